The summed E-state index contributed by atoms with van der Waals surface area (Å²) in [4.78, 5) is 13.4. The van der Waals surface area contributed by atoms with Gasteiger partial charge in [-0.1, -0.05) is 27.7 Å². The summed E-state index contributed by atoms with van der Waals surface area (Å²) in [5.41, 5.74) is -0.0418. The average Bonchev–Trinajstić information content (AvgIpc) is 2.40. The van der Waals surface area contributed by atoms with E-state index in [1.807, 2.05) is 24.3 Å². The van der Waals surface area contributed by atoms with Crippen molar-refractivity contribution in [3.63, 3.8) is 0 Å². The third-order valence-corrected chi connectivity index (χ3v) is 4.33. The summed E-state index contributed by atoms with van der Waals surface area (Å²) in [6.07, 6.45) is 0. The van der Waals surface area contributed by atoms with E-state index in [0.29, 0.717) is 5.58 Å². The van der Waals surface area contributed by atoms with E-state index in [9.17, 15) is 9.90 Å². The highest BCUT2D eigenvalue weighted by atomic mass is 79.9. The van der Waals surface area contributed by atoms with Gasteiger partial charge in [-0.05, 0) is 36.4 Å². The van der Waals surface area contributed by atoms with Crippen LogP contribution < -0.4 is 5.63 Å². The maximum Gasteiger partial charge on any atom is 0.337 e. The Labute approximate surface area is 127 Å². The fourth-order valence-corrected chi connectivity index (χ4v) is 3.06. The largest absolute Gasteiger partial charge is 0.508 e. The topological polar surface area (TPSA) is 50.4 Å². The predicted octanol–water partition coefficient (Wildman–Crippen LogP) is 4.41. The SMILES string of the molecule is O=c1cc(Sc2ccc(Br)cc2)c2ccc(O)cc2o1. The van der Waals surface area contributed by atoms with Crippen LogP contribution in [0.4, 0.5) is 0 Å². The van der Waals surface area contributed by atoms with E-state index in [0.717, 1.165) is 19.6 Å². The lowest BCUT2D eigenvalue weighted by Gasteiger charge is -2.05. The first-order valence-corrected chi connectivity index (χ1v) is 7.43. The van der Waals surface area contributed by atoms with Crippen molar-refractivity contribution in [2.45, 2.75) is 9.79 Å². The van der Waals surface area contributed by atoms with Gasteiger partial charge in [0.05, 0.1) is 0 Å². The van der Waals surface area contributed by atoms with Crippen molar-refractivity contribution >= 4 is 38.7 Å². The second-order valence-electron chi connectivity index (χ2n) is 4.17. The van der Waals surface area contributed by atoms with E-state index < -0.39 is 5.63 Å². The van der Waals surface area contributed by atoms with Crippen LogP contribution in [0.5, 0.6) is 5.75 Å². The van der Waals surface area contributed by atoms with Crippen LogP contribution >= 0.6 is 27.7 Å². The molecule has 20 heavy (non-hydrogen) atoms. The summed E-state index contributed by atoms with van der Waals surface area (Å²) in [6, 6.07) is 14.1. The molecule has 1 aromatic heterocycles. The molecule has 0 aliphatic heterocycles. The molecule has 2 aromatic carbocycles. The van der Waals surface area contributed by atoms with Gasteiger partial charge in [0.2, 0.25) is 0 Å². The molecule has 0 saturated carbocycles. The highest BCUT2D eigenvalue weighted by Crippen LogP contribution is 2.34. The standard InChI is InChI=1S/C15H9BrO3S/c16-9-1-4-11(5-2-9)20-14-8-15(18)19-13-7-10(17)3-6-12(13)14/h1-8,17H. The molecule has 0 amide bonds. The number of phenols is 1. The van der Waals surface area contributed by atoms with Gasteiger partial charge < -0.3 is 9.52 Å². The van der Waals surface area contributed by atoms with E-state index in [1.54, 1.807) is 12.1 Å². The Morgan fingerprint density at radius 3 is 2.55 bits per heavy atom. The minimum absolute atomic E-state index is 0.0754. The first-order chi connectivity index (χ1) is 9.61. The van der Waals surface area contributed by atoms with Crippen molar-refractivity contribution in [3.05, 3.63) is 63.4 Å². The van der Waals surface area contributed by atoms with Crippen molar-refractivity contribution in [1.82, 2.24) is 0 Å². The van der Waals surface area contributed by atoms with Crippen molar-refractivity contribution in [2.75, 3.05) is 0 Å². The van der Waals surface area contributed by atoms with Gasteiger partial charge in [0.1, 0.15) is 11.3 Å². The van der Waals surface area contributed by atoms with Crippen LogP contribution in [0.1, 0.15) is 0 Å². The molecule has 0 atom stereocenters. The molecule has 100 valence electrons. The Kier molecular flexibility index (Phi) is 3.54. The summed E-state index contributed by atoms with van der Waals surface area (Å²) in [7, 11) is 0. The zero-order chi connectivity index (χ0) is 14.1. The third kappa shape index (κ3) is 2.73. The number of phenolic OH excluding ortho intramolecular Hbond substituents is 1. The van der Waals surface area contributed by atoms with Crippen LogP contribution in [-0.2, 0) is 0 Å². The summed E-state index contributed by atoms with van der Waals surface area (Å²) in [5.74, 6) is 0.0754. The number of rotatable bonds is 2. The minimum atomic E-state index is -0.428. The molecule has 1 heterocycles. The maximum absolute atomic E-state index is 11.6. The molecule has 3 aromatic rings. The van der Waals surface area contributed by atoms with Gasteiger partial charge in [0.25, 0.3) is 0 Å². The lowest BCUT2D eigenvalue weighted by atomic mass is 10.2. The smallest absolute Gasteiger partial charge is 0.337 e. The highest BCUT2D eigenvalue weighted by Gasteiger charge is 2.08. The molecular formula is C15H9BrO3S. The molecule has 5 heteroatoms. The second kappa shape index (κ2) is 5.34. The molecule has 0 saturated heterocycles. The summed E-state index contributed by atoms with van der Waals surface area (Å²) in [5, 5.41) is 10.3. The first-order valence-electron chi connectivity index (χ1n) is 5.82. The second-order valence-corrected chi connectivity index (χ2v) is 6.20. The van der Waals surface area contributed by atoms with Gasteiger partial charge in [0.15, 0.2) is 0 Å². The Balaban J connectivity index is 2.11. The summed E-state index contributed by atoms with van der Waals surface area (Å²) >= 11 is 4.87. The molecule has 0 aliphatic rings. The quantitative estimate of drug-likeness (QED) is 0.696. The van der Waals surface area contributed by atoms with Gasteiger partial charge in [-0.2, -0.15) is 0 Å². The van der Waals surface area contributed by atoms with Gasteiger partial charge in [-0.3, -0.25) is 0 Å². The lowest BCUT2D eigenvalue weighted by Crippen LogP contribution is -1.97. The van der Waals surface area contributed by atoms with Crippen molar-refractivity contribution in [2.24, 2.45) is 0 Å². The van der Waals surface area contributed by atoms with Crippen molar-refractivity contribution < 1.29 is 9.52 Å². The molecule has 3 rings (SSSR count). The molecule has 0 radical (unpaired) electrons. The van der Waals surface area contributed by atoms with E-state index in [4.69, 9.17) is 4.42 Å². The Bertz CT molecular complexity index is 825. The van der Waals surface area contributed by atoms with Gasteiger partial charge in [-0.15, -0.1) is 0 Å². The zero-order valence-electron chi connectivity index (χ0n) is 10.2. The van der Waals surface area contributed by atoms with Gasteiger partial charge in [0, 0.05) is 31.8 Å². The zero-order valence-corrected chi connectivity index (χ0v) is 12.6. The van der Waals surface area contributed by atoms with Crippen LogP contribution in [0.15, 0.2) is 72.0 Å². The highest BCUT2D eigenvalue weighted by molar-refractivity contribution is 9.10. The first kappa shape index (κ1) is 13.3. The van der Waals surface area contributed by atoms with Crippen LogP contribution in [-0.4, -0.2) is 5.11 Å². The van der Waals surface area contributed by atoms with E-state index >= 15 is 0 Å². The number of hydrogen-bond acceptors (Lipinski definition) is 4. The third-order valence-electron chi connectivity index (χ3n) is 2.73. The molecule has 0 fully saturated rings. The number of halogens is 1. The van der Waals surface area contributed by atoms with Crippen LogP contribution in [0.3, 0.4) is 0 Å². The van der Waals surface area contributed by atoms with Crippen LogP contribution in [0.2, 0.25) is 0 Å². The van der Waals surface area contributed by atoms with E-state index in [-0.39, 0.29) is 5.75 Å². The summed E-state index contributed by atoms with van der Waals surface area (Å²) < 4.78 is 6.11. The fourth-order valence-electron chi connectivity index (χ4n) is 1.84. The summed E-state index contributed by atoms with van der Waals surface area (Å²) in [6.45, 7) is 0. The average molecular weight is 349 g/mol. The Hall–Kier alpha value is -1.72. The number of aromatic hydroxyl groups is 1. The molecule has 3 nitrogen and oxygen atoms in total. The predicted molar refractivity (Wildman–Crippen MR) is 82.4 cm³/mol. The Morgan fingerprint density at radius 2 is 1.80 bits per heavy atom. The normalized spacial score (nSPS) is 10.8. The van der Waals surface area contributed by atoms with Crippen molar-refractivity contribution in [1.29, 1.82) is 0 Å². The number of fused-ring (bicyclic) bond motifs is 1. The van der Waals surface area contributed by atoms with Gasteiger partial charge >= 0.3 is 5.63 Å². The Morgan fingerprint density at radius 1 is 1.05 bits per heavy atom. The molecular weight excluding hydrogens is 340 g/mol. The van der Waals surface area contributed by atoms with Gasteiger partial charge in [-0.25, -0.2) is 4.79 Å². The van der Waals surface area contributed by atoms with Crippen molar-refractivity contribution in [3.8, 4) is 5.75 Å². The minimum Gasteiger partial charge on any atom is -0.508 e. The number of benzene rings is 2. The molecule has 0 aliphatic carbocycles. The molecule has 0 unspecified atom stereocenters. The number of hydrogen-bond donors (Lipinski definition) is 1. The monoisotopic (exact) mass is 348 g/mol. The van der Waals surface area contributed by atoms with E-state index in [2.05, 4.69) is 15.9 Å². The van der Waals surface area contributed by atoms with Crippen LogP contribution in [0.25, 0.3) is 11.0 Å². The molecule has 0 bridgehead atoms. The van der Waals surface area contributed by atoms with Crippen LogP contribution in [0, 0.1) is 0 Å². The molecule has 1 N–H and O–H groups in total. The maximum atomic E-state index is 11.6. The van der Waals surface area contributed by atoms with E-state index in [1.165, 1.54) is 23.9 Å². The lowest BCUT2D eigenvalue weighted by molar-refractivity contribution is 0.473. The molecule has 0 spiro atoms. The fraction of sp³-hybridized carbons (Fsp3) is 0.